The Kier molecular flexibility index (Phi) is 8.41. The Balaban J connectivity index is 1.71. The minimum absolute atomic E-state index is 0.0992. The highest BCUT2D eigenvalue weighted by atomic mass is 32.3. The van der Waals surface area contributed by atoms with Crippen LogP contribution in [0.4, 0.5) is 32.0 Å². The fourth-order valence-electron chi connectivity index (χ4n) is 3.82. The Morgan fingerprint density at radius 2 is 1.94 bits per heavy atom. The van der Waals surface area contributed by atoms with Gasteiger partial charge in [-0.3, -0.25) is 8.74 Å². The minimum atomic E-state index is -4.91. The van der Waals surface area contributed by atoms with Gasteiger partial charge in [0.05, 0.1) is 24.3 Å². The molecule has 0 bridgehead atoms. The van der Waals surface area contributed by atoms with Crippen molar-refractivity contribution in [3.8, 4) is 6.07 Å². The molecule has 1 aromatic heterocycles. The third kappa shape index (κ3) is 7.01. The average Bonchev–Trinajstić information content (AvgIpc) is 3.29. The van der Waals surface area contributed by atoms with Gasteiger partial charge in [0.15, 0.2) is 5.82 Å². The van der Waals surface area contributed by atoms with Crippen LogP contribution in [-0.4, -0.2) is 58.5 Å². The van der Waals surface area contributed by atoms with Gasteiger partial charge in [-0.05, 0) is 31.0 Å². The number of nitriles is 1. The molecule has 3 N–H and O–H groups in total. The van der Waals surface area contributed by atoms with Crippen molar-refractivity contribution in [2.45, 2.75) is 37.5 Å². The smallest absolute Gasteiger partial charge is 0.362 e. The summed E-state index contributed by atoms with van der Waals surface area (Å²) in [4.78, 5) is 4.96. The highest BCUT2D eigenvalue weighted by molar-refractivity contribution is 8.21. The molecule has 2 aromatic rings. The molecule has 3 rings (SSSR count). The monoisotopic (exact) mass is 542 g/mol. The molecule has 0 aliphatic carbocycles. The summed E-state index contributed by atoms with van der Waals surface area (Å²) in [7, 11) is -1.52. The van der Waals surface area contributed by atoms with Crippen molar-refractivity contribution >= 4 is 16.6 Å². The predicted molar refractivity (Wildman–Crippen MR) is 117 cm³/mol. The molecule has 36 heavy (non-hydrogen) atoms. The maximum Gasteiger partial charge on any atom is 0.417 e. The Morgan fingerprint density at radius 1 is 1.28 bits per heavy atom. The number of hydrogen-bond acceptors (Lipinski definition) is 9. The molecule has 0 amide bonds. The van der Waals surface area contributed by atoms with Crippen molar-refractivity contribution in [3.05, 3.63) is 41.0 Å². The lowest BCUT2D eigenvalue weighted by molar-refractivity contribution is -0.137. The summed E-state index contributed by atoms with van der Waals surface area (Å²) in [6.45, 7) is -1.06. The normalized spacial score (nSPS) is 18.4. The van der Waals surface area contributed by atoms with Gasteiger partial charge in [-0.25, -0.2) is 5.14 Å². The van der Waals surface area contributed by atoms with Crippen molar-refractivity contribution in [1.82, 2.24) is 14.4 Å². The number of piperidine rings is 1. The first-order valence-corrected chi connectivity index (χ1v) is 12.2. The molecule has 16 heteroatoms. The zero-order valence-electron chi connectivity index (χ0n) is 19.0. The lowest BCUT2D eigenvalue weighted by atomic mass is 9.98. The molecule has 2 heterocycles. The molecule has 1 fully saturated rings. The lowest BCUT2D eigenvalue weighted by Gasteiger charge is -2.44. The molecule has 1 saturated heterocycles. The number of aromatic nitrogens is 2. The van der Waals surface area contributed by atoms with E-state index in [0.717, 1.165) is 17.0 Å². The second kappa shape index (κ2) is 10.8. The SMILES string of the molecule is COS(N)(O)N1CCC(c2nc(CCN(CC(F)(F)F)c3ccc(C#N)c(C(F)(F)F)c3)no2)CC1. The largest absolute Gasteiger partial charge is 0.417 e. The Bertz CT molecular complexity index is 1080. The van der Waals surface area contributed by atoms with Gasteiger partial charge in [0.1, 0.15) is 6.54 Å². The molecule has 1 atom stereocenters. The van der Waals surface area contributed by atoms with E-state index in [9.17, 15) is 30.9 Å². The fraction of sp³-hybridized carbons (Fsp3) is 0.550. The summed E-state index contributed by atoms with van der Waals surface area (Å²) >= 11 is 0. The van der Waals surface area contributed by atoms with E-state index in [2.05, 4.69) is 10.1 Å². The summed E-state index contributed by atoms with van der Waals surface area (Å²) in [5.74, 6) is 0.216. The Morgan fingerprint density at radius 3 is 2.50 bits per heavy atom. The number of alkyl halides is 6. The van der Waals surface area contributed by atoms with Crippen molar-refractivity contribution in [1.29, 1.82) is 5.26 Å². The van der Waals surface area contributed by atoms with Crippen molar-refractivity contribution in [2.24, 2.45) is 5.14 Å². The molecule has 0 saturated carbocycles. The van der Waals surface area contributed by atoms with E-state index in [4.69, 9.17) is 19.1 Å². The fourth-order valence-corrected chi connectivity index (χ4v) is 4.76. The average molecular weight is 543 g/mol. The van der Waals surface area contributed by atoms with E-state index >= 15 is 0 Å². The quantitative estimate of drug-likeness (QED) is 0.468. The molecule has 1 aromatic carbocycles. The summed E-state index contributed by atoms with van der Waals surface area (Å²) in [5, 5.41) is 18.4. The first-order valence-electron chi connectivity index (χ1n) is 10.6. The van der Waals surface area contributed by atoms with Crippen molar-refractivity contribution in [3.63, 3.8) is 0 Å². The number of nitrogens with two attached hydrogens (primary N) is 1. The molecule has 200 valence electrons. The van der Waals surface area contributed by atoms with Gasteiger partial charge in [0.25, 0.3) is 0 Å². The van der Waals surface area contributed by atoms with E-state index in [1.165, 1.54) is 13.2 Å². The molecule has 9 nitrogen and oxygen atoms in total. The molecule has 1 aliphatic heterocycles. The van der Waals surface area contributed by atoms with Crippen LogP contribution in [0, 0.1) is 11.3 Å². The molecule has 1 aliphatic rings. The van der Waals surface area contributed by atoms with Gasteiger partial charge in [0.2, 0.25) is 5.89 Å². The zero-order chi connectivity index (χ0) is 26.7. The highest BCUT2D eigenvalue weighted by Gasteiger charge is 2.36. The molecule has 0 radical (unpaired) electrons. The van der Waals surface area contributed by atoms with Gasteiger partial charge in [0, 0.05) is 37.7 Å². The third-order valence-electron chi connectivity index (χ3n) is 5.67. The van der Waals surface area contributed by atoms with E-state index < -0.39 is 41.0 Å². The molecular weight excluding hydrogens is 518 g/mol. The van der Waals surface area contributed by atoms with E-state index in [-0.39, 0.29) is 36.3 Å². The van der Waals surface area contributed by atoms with E-state index in [1.54, 1.807) is 4.31 Å². The van der Waals surface area contributed by atoms with Crippen LogP contribution < -0.4 is 10.0 Å². The third-order valence-corrected chi connectivity index (χ3v) is 7.27. The van der Waals surface area contributed by atoms with Gasteiger partial charge in [-0.15, -0.1) is 0 Å². The van der Waals surface area contributed by atoms with E-state index in [1.807, 2.05) is 0 Å². The van der Waals surface area contributed by atoms with Crippen LogP contribution in [0.1, 0.15) is 41.6 Å². The zero-order valence-corrected chi connectivity index (χ0v) is 19.8. The second-order valence-corrected chi connectivity index (χ2v) is 10.0. The van der Waals surface area contributed by atoms with Crippen LogP contribution in [-0.2, 0) is 16.8 Å². The van der Waals surface area contributed by atoms with Crippen molar-refractivity contribution in [2.75, 3.05) is 38.2 Å². The van der Waals surface area contributed by atoms with Crippen LogP contribution in [0.15, 0.2) is 22.7 Å². The van der Waals surface area contributed by atoms with Gasteiger partial charge >= 0.3 is 12.4 Å². The molecule has 0 spiro atoms. The summed E-state index contributed by atoms with van der Waals surface area (Å²) in [5.41, 5.74) is -2.35. The van der Waals surface area contributed by atoms with Gasteiger partial charge in [-0.2, -0.15) is 40.9 Å². The topological polar surface area (TPSA) is 125 Å². The van der Waals surface area contributed by atoms with Crippen LogP contribution >= 0.6 is 11.0 Å². The Labute approximate surface area is 204 Å². The van der Waals surface area contributed by atoms with Crippen LogP contribution in [0.3, 0.4) is 0 Å². The van der Waals surface area contributed by atoms with Crippen molar-refractivity contribution < 1.29 is 39.6 Å². The summed E-state index contributed by atoms with van der Waals surface area (Å²) in [6, 6.07) is 3.81. The number of anilines is 1. The Hall–Kier alpha value is -2.58. The number of nitrogens with zero attached hydrogens (tertiary/aromatic N) is 5. The van der Waals surface area contributed by atoms with Crippen LogP contribution in [0.5, 0.6) is 0 Å². The predicted octanol–water partition coefficient (Wildman–Crippen LogP) is 4.38. The first-order chi connectivity index (χ1) is 16.7. The van der Waals surface area contributed by atoms with Crippen LogP contribution in [0.25, 0.3) is 0 Å². The number of halogens is 6. The number of hydrogen-bond donors (Lipinski definition) is 2. The minimum Gasteiger partial charge on any atom is -0.362 e. The summed E-state index contributed by atoms with van der Waals surface area (Å²) < 4.78 is 101. The van der Waals surface area contributed by atoms with Crippen LogP contribution in [0.2, 0.25) is 0 Å². The number of rotatable bonds is 8. The summed E-state index contributed by atoms with van der Waals surface area (Å²) in [6.07, 6.45) is -8.70. The maximum absolute atomic E-state index is 13.3. The standard InChI is InChI=1S/C20H24F6N6O3S/c1-34-36(28,33)32-8-4-13(5-9-32)18-29-17(30-35-18)6-7-31(12-19(21,22)23)15-3-2-14(11-27)16(10-15)20(24,25)26/h2-3,10,13,33H,4-9,12,28H2,1H3. The van der Waals surface area contributed by atoms with Gasteiger partial charge < -0.3 is 9.42 Å². The second-order valence-electron chi connectivity index (χ2n) is 8.08. The lowest BCUT2D eigenvalue weighted by Crippen LogP contribution is -2.39. The first kappa shape index (κ1) is 28.0. The highest BCUT2D eigenvalue weighted by Crippen LogP contribution is 2.43. The molecule has 1 unspecified atom stereocenters. The molecular formula is C20H24F6N6O3S. The maximum atomic E-state index is 13.3. The van der Waals surface area contributed by atoms with Gasteiger partial charge in [-0.1, -0.05) is 16.1 Å². The number of benzene rings is 1. The van der Waals surface area contributed by atoms with E-state index in [0.29, 0.717) is 32.0 Å².